The number of urea groups is 1. The molecule has 2 aromatic heterocycles. The van der Waals surface area contributed by atoms with Crippen LogP contribution in [0.25, 0.3) is 0 Å². The van der Waals surface area contributed by atoms with Crippen molar-refractivity contribution in [2.45, 2.75) is 44.9 Å². The van der Waals surface area contributed by atoms with Crippen molar-refractivity contribution < 1.29 is 19.1 Å². The maximum atomic E-state index is 13.9. The summed E-state index contributed by atoms with van der Waals surface area (Å²) in [5.41, 5.74) is 11.2. The van der Waals surface area contributed by atoms with E-state index in [0.29, 0.717) is 69.4 Å². The van der Waals surface area contributed by atoms with Crippen LogP contribution in [0.5, 0.6) is 0 Å². The van der Waals surface area contributed by atoms with Crippen molar-refractivity contribution in [3.63, 3.8) is 0 Å². The molecule has 44 heavy (non-hydrogen) atoms. The Balaban J connectivity index is 1.11. The number of benzene rings is 1. The number of fused-ring (bicyclic) bond motifs is 1. The van der Waals surface area contributed by atoms with E-state index in [1.54, 1.807) is 39.6 Å². The predicted molar refractivity (Wildman–Crippen MR) is 171 cm³/mol. The molecule has 0 saturated carbocycles. The third-order valence-electron chi connectivity index (χ3n) is 8.70. The van der Waals surface area contributed by atoms with Gasteiger partial charge >= 0.3 is 12.1 Å². The normalized spacial score (nSPS) is 18.1. The molecule has 11 nitrogen and oxygen atoms in total. The number of ether oxygens (including phenoxy) is 1. The van der Waals surface area contributed by atoms with Gasteiger partial charge in [-0.1, -0.05) is 17.7 Å². The standard InChI is InChI=1S/C31H36ClN7O4S/c1-20-14-21(15-25(32)28(20)33)16-27(29(40)37-12-10-36(11-13-37)23-2-6-34-7-3-23)43-31(42)38-8-4-24(5-9-38)39-17-22-18-44-19-26(22)35-30(39)41/h2-3,6-7,14-15,18-19,24,27H,4-5,8-13,16-17,33H2,1H3,(H,35,41)/t27-/m1/s1. The molecule has 0 radical (unpaired) electrons. The number of carbonyl (C=O) groups is 3. The first-order valence-electron chi connectivity index (χ1n) is 14.8. The molecule has 4 amide bonds. The van der Waals surface area contributed by atoms with E-state index in [0.717, 1.165) is 28.1 Å². The third kappa shape index (κ3) is 6.41. The molecule has 6 rings (SSSR count). The van der Waals surface area contributed by atoms with Crippen LogP contribution in [0.3, 0.4) is 0 Å². The van der Waals surface area contributed by atoms with E-state index in [1.807, 2.05) is 35.4 Å². The SMILES string of the molecule is Cc1cc(C[C@@H](OC(=O)N2CCC(N3Cc4cscc4NC3=O)CC2)C(=O)N2CCN(c3ccncc3)CC2)cc(Cl)c1N. The van der Waals surface area contributed by atoms with Crippen molar-refractivity contribution in [2.24, 2.45) is 0 Å². The number of aromatic nitrogens is 1. The first-order valence-corrected chi connectivity index (χ1v) is 16.2. The number of nitrogens with two attached hydrogens (primary N) is 1. The first kappa shape index (κ1) is 30.0. The van der Waals surface area contributed by atoms with E-state index in [1.165, 1.54) is 0 Å². The van der Waals surface area contributed by atoms with Crippen LogP contribution in [0.4, 0.5) is 26.7 Å². The van der Waals surface area contributed by atoms with Crippen molar-refractivity contribution in [1.29, 1.82) is 0 Å². The Bertz CT molecular complexity index is 1500. The van der Waals surface area contributed by atoms with Crippen molar-refractivity contribution in [3.8, 4) is 0 Å². The number of carbonyl (C=O) groups excluding carboxylic acids is 3. The molecule has 0 spiro atoms. The molecule has 3 aromatic rings. The summed E-state index contributed by atoms with van der Waals surface area (Å²) in [4.78, 5) is 51.6. The monoisotopic (exact) mass is 637 g/mol. The van der Waals surface area contributed by atoms with Crippen LogP contribution in [0.2, 0.25) is 5.02 Å². The Hall–Kier alpha value is -4.03. The highest BCUT2D eigenvalue weighted by Gasteiger charge is 2.36. The average Bonchev–Trinajstić information content (AvgIpc) is 3.50. The van der Waals surface area contributed by atoms with Crippen LogP contribution in [-0.2, 0) is 22.5 Å². The van der Waals surface area contributed by atoms with Gasteiger partial charge in [-0.15, -0.1) is 11.3 Å². The molecule has 3 N–H and O–H groups in total. The van der Waals surface area contributed by atoms with Gasteiger partial charge in [-0.05, 0) is 54.5 Å². The molecule has 3 aliphatic heterocycles. The number of nitrogen functional groups attached to an aromatic ring is 1. The molecule has 2 saturated heterocycles. The van der Waals surface area contributed by atoms with Crippen molar-refractivity contribution in [1.82, 2.24) is 19.7 Å². The molecule has 1 aromatic carbocycles. The average molecular weight is 638 g/mol. The van der Waals surface area contributed by atoms with Gasteiger partial charge in [-0.2, -0.15) is 0 Å². The van der Waals surface area contributed by atoms with Crippen LogP contribution < -0.4 is 16.0 Å². The lowest BCUT2D eigenvalue weighted by molar-refractivity contribution is -0.141. The summed E-state index contributed by atoms with van der Waals surface area (Å²) in [7, 11) is 0. The summed E-state index contributed by atoms with van der Waals surface area (Å²) >= 11 is 7.93. The van der Waals surface area contributed by atoms with Gasteiger partial charge < -0.3 is 35.4 Å². The molecule has 0 unspecified atom stereocenters. The molecule has 0 bridgehead atoms. The fourth-order valence-corrected chi connectivity index (χ4v) is 7.20. The molecule has 3 aliphatic rings. The van der Waals surface area contributed by atoms with Crippen molar-refractivity contribution >= 4 is 58.0 Å². The quantitative estimate of drug-likeness (QED) is 0.379. The summed E-state index contributed by atoms with van der Waals surface area (Å²) in [6.07, 6.45) is 3.41. The van der Waals surface area contributed by atoms with Gasteiger partial charge in [0.15, 0.2) is 6.10 Å². The predicted octanol–water partition coefficient (Wildman–Crippen LogP) is 4.60. The third-order valence-corrected chi connectivity index (χ3v) is 9.81. The summed E-state index contributed by atoms with van der Waals surface area (Å²) in [6.45, 7) is 5.62. The first-order chi connectivity index (χ1) is 21.3. The van der Waals surface area contributed by atoms with E-state index in [4.69, 9.17) is 22.1 Å². The number of pyridine rings is 1. The number of nitrogens with one attached hydrogen (secondary N) is 1. The van der Waals surface area contributed by atoms with Gasteiger partial charge in [0, 0.05) is 80.8 Å². The Kier molecular flexibility index (Phi) is 8.81. The number of anilines is 3. The number of likely N-dealkylation sites (tertiary alicyclic amines) is 1. The van der Waals surface area contributed by atoms with E-state index in [2.05, 4.69) is 20.6 Å². The van der Waals surface area contributed by atoms with Crippen molar-refractivity contribution in [3.05, 3.63) is 69.1 Å². The van der Waals surface area contributed by atoms with Gasteiger partial charge in [0.1, 0.15) is 0 Å². The number of nitrogens with zero attached hydrogens (tertiary/aromatic N) is 5. The topological polar surface area (TPSA) is 124 Å². The highest BCUT2D eigenvalue weighted by Crippen LogP contribution is 2.31. The molecule has 13 heteroatoms. The maximum absolute atomic E-state index is 13.9. The molecule has 0 aliphatic carbocycles. The molecular weight excluding hydrogens is 602 g/mol. The zero-order valence-electron chi connectivity index (χ0n) is 24.6. The minimum absolute atomic E-state index is 0.0149. The van der Waals surface area contributed by atoms with Crippen LogP contribution >= 0.6 is 22.9 Å². The number of hydrogen-bond acceptors (Lipinski definition) is 8. The lowest BCUT2D eigenvalue weighted by atomic mass is 10.0. The number of rotatable bonds is 6. The molecule has 1 atom stereocenters. The molecular formula is C31H36ClN7O4S. The smallest absolute Gasteiger partial charge is 0.410 e. The van der Waals surface area contributed by atoms with Gasteiger partial charge in [-0.3, -0.25) is 9.78 Å². The number of piperidine rings is 1. The number of hydrogen-bond donors (Lipinski definition) is 2. The van der Waals surface area contributed by atoms with Crippen molar-refractivity contribution in [2.75, 3.05) is 55.2 Å². The zero-order valence-corrected chi connectivity index (χ0v) is 26.1. The van der Waals surface area contributed by atoms with E-state index in [-0.39, 0.29) is 24.4 Å². The minimum Gasteiger partial charge on any atom is -0.436 e. The lowest BCUT2D eigenvalue weighted by Crippen LogP contribution is -2.54. The number of halogens is 1. The van der Waals surface area contributed by atoms with Crippen LogP contribution in [0.15, 0.2) is 47.4 Å². The second-order valence-electron chi connectivity index (χ2n) is 11.5. The molecule has 5 heterocycles. The highest BCUT2D eigenvalue weighted by atomic mass is 35.5. The Morgan fingerprint density at radius 3 is 2.52 bits per heavy atom. The Morgan fingerprint density at radius 1 is 1.09 bits per heavy atom. The number of amides is 4. The van der Waals surface area contributed by atoms with Crippen LogP contribution in [0.1, 0.15) is 29.5 Å². The van der Waals surface area contributed by atoms with Crippen LogP contribution in [-0.4, -0.2) is 89.1 Å². The summed E-state index contributed by atoms with van der Waals surface area (Å²) < 4.78 is 5.98. The summed E-state index contributed by atoms with van der Waals surface area (Å²) in [5.74, 6) is -0.232. The van der Waals surface area contributed by atoms with Crippen LogP contribution in [0, 0.1) is 6.92 Å². The molecule has 232 valence electrons. The fourth-order valence-electron chi connectivity index (χ4n) is 6.13. The summed E-state index contributed by atoms with van der Waals surface area (Å²) in [5, 5.41) is 7.37. The highest BCUT2D eigenvalue weighted by molar-refractivity contribution is 7.08. The maximum Gasteiger partial charge on any atom is 0.410 e. The Labute approximate surface area is 265 Å². The Morgan fingerprint density at radius 2 is 1.82 bits per heavy atom. The van der Waals surface area contributed by atoms with E-state index < -0.39 is 12.2 Å². The lowest BCUT2D eigenvalue weighted by Gasteiger charge is -2.40. The van der Waals surface area contributed by atoms with E-state index >= 15 is 0 Å². The minimum atomic E-state index is -1.02. The number of piperazine rings is 1. The van der Waals surface area contributed by atoms with Gasteiger partial charge in [0.2, 0.25) is 0 Å². The largest absolute Gasteiger partial charge is 0.436 e. The second kappa shape index (κ2) is 12.9. The number of aryl methyl sites for hydroxylation is 1. The zero-order chi connectivity index (χ0) is 30.8. The van der Waals surface area contributed by atoms with Gasteiger partial charge in [0.05, 0.1) is 22.9 Å². The fraction of sp³-hybridized carbons (Fsp3) is 0.419. The van der Waals surface area contributed by atoms with Gasteiger partial charge in [-0.25, -0.2) is 9.59 Å². The van der Waals surface area contributed by atoms with Gasteiger partial charge in [0.25, 0.3) is 5.91 Å². The number of thiophene rings is 1. The molecule has 2 fully saturated rings. The second-order valence-corrected chi connectivity index (χ2v) is 12.6. The summed E-state index contributed by atoms with van der Waals surface area (Å²) in [6, 6.07) is 7.42. The van der Waals surface area contributed by atoms with E-state index in [9.17, 15) is 14.4 Å².